The van der Waals surface area contributed by atoms with Crippen LogP contribution in [0.5, 0.6) is 11.5 Å². The quantitative estimate of drug-likeness (QED) is 0.415. The second-order valence-corrected chi connectivity index (χ2v) is 6.59. The fourth-order valence-electron chi connectivity index (χ4n) is 2.95. The van der Waals surface area contributed by atoms with Crippen LogP contribution in [-0.2, 0) is 0 Å². The molecule has 138 valence electrons. The summed E-state index contributed by atoms with van der Waals surface area (Å²) in [7, 11) is 1.58. The molecule has 1 heterocycles. The van der Waals surface area contributed by atoms with Crippen molar-refractivity contribution in [2.75, 3.05) is 7.11 Å². The summed E-state index contributed by atoms with van der Waals surface area (Å²) < 4.78 is 11.0. The van der Waals surface area contributed by atoms with Gasteiger partial charge in [-0.15, -0.1) is 0 Å². The molecule has 0 N–H and O–H groups in total. The lowest BCUT2D eigenvalue weighted by Crippen LogP contribution is -2.10. The summed E-state index contributed by atoms with van der Waals surface area (Å²) in [5.74, 6) is 0.605. The van der Waals surface area contributed by atoms with Crippen LogP contribution in [0.25, 0.3) is 22.0 Å². The first-order chi connectivity index (χ1) is 13.7. The minimum absolute atomic E-state index is 0.404. The number of aromatic nitrogens is 1. The molecule has 28 heavy (non-hydrogen) atoms. The molecule has 4 rings (SSSR count). The Kier molecular flexibility index (Phi) is 4.96. The van der Waals surface area contributed by atoms with Crippen molar-refractivity contribution in [1.29, 1.82) is 0 Å². The number of carbonyl (C=O) groups excluding carboxylic acids is 1. The zero-order valence-corrected chi connectivity index (χ0v) is 15.8. The number of benzene rings is 3. The van der Waals surface area contributed by atoms with Gasteiger partial charge >= 0.3 is 5.97 Å². The molecule has 5 heteroatoms. The van der Waals surface area contributed by atoms with Gasteiger partial charge in [0, 0.05) is 27.6 Å². The minimum Gasteiger partial charge on any atom is -0.497 e. The fourth-order valence-corrected chi connectivity index (χ4v) is 3.13. The van der Waals surface area contributed by atoms with Crippen LogP contribution in [0.4, 0.5) is 0 Å². The normalized spacial score (nSPS) is 10.6. The zero-order valence-electron chi connectivity index (χ0n) is 15.1. The molecule has 0 fully saturated rings. The van der Waals surface area contributed by atoms with Crippen LogP contribution < -0.4 is 9.47 Å². The Labute approximate surface area is 167 Å². The Balaban J connectivity index is 1.81. The average molecular weight is 390 g/mol. The number of halogens is 1. The highest BCUT2D eigenvalue weighted by atomic mass is 35.5. The summed E-state index contributed by atoms with van der Waals surface area (Å²) in [4.78, 5) is 17.3. The Morgan fingerprint density at radius 3 is 2.43 bits per heavy atom. The zero-order chi connectivity index (χ0) is 19.5. The van der Waals surface area contributed by atoms with Crippen molar-refractivity contribution in [2.45, 2.75) is 0 Å². The van der Waals surface area contributed by atoms with E-state index in [9.17, 15) is 4.79 Å². The van der Waals surface area contributed by atoms with Crippen molar-refractivity contribution in [3.63, 3.8) is 0 Å². The third-order valence-corrected chi connectivity index (χ3v) is 4.61. The predicted molar refractivity (Wildman–Crippen MR) is 110 cm³/mol. The Morgan fingerprint density at radius 1 is 0.964 bits per heavy atom. The molecule has 0 aliphatic carbocycles. The Hall–Kier alpha value is -3.37. The maximum absolute atomic E-state index is 12.8. The molecule has 0 radical (unpaired) electrons. The van der Waals surface area contributed by atoms with Crippen molar-refractivity contribution in [2.24, 2.45) is 0 Å². The van der Waals surface area contributed by atoms with E-state index in [1.165, 1.54) is 0 Å². The molecule has 0 saturated heterocycles. The molecule has 4 nitrogen and oxygen atoms in total. The van der Waals surface area contributed by atoms with Gasteiger partial charge in [-0.25, -0.2) is 4.79 Å². The molecule has 0 unspecified atom stereocenters. The molecule has 0 bridgehead atoms. The van der Waals surface area contributed by atoms with E-state index in [4.69, 9.17) is 21.1 Å². The highest BCUT2D eigenvalue weighted by Gasteiger charge is 2.18. The Morgan fingerprint density at radius 2 is 1.71 bits per heavy atom. The lowest BCUT2D eigenvalue weighted by atomic mass is 10.1. The van der Waals surface area contributed by atoms with Gasteiger partial charge in [-0.05, 0) is 42.5 Å². The number of nitrogens with zero attached hydrogens (tertiary/aromatic N) is 1. The van der Waals surface area contributed by atoms with E-state index in [1.54, 1.807) is 49.7 Å². The number of pyridine rings is 1. The monoisotopic (exact) mass is 389 g/mol. The molecule has 0 amide bonds. The summed E-state index contributed by atoms with van der Waals surface area (Å²) in [6.45, 7) is 0. The largest absolute Gasteiger partial charge is 0.497 e. The number of ether oxygens (including phenoxy) is 2. The summed E-state index contributed by atoms with van der Waals surface area (Å²) in [6.07, 6.45) is 1.73. The van der Waals surface area contributed by atoms with Crippen LogP contribution in [0.3, 0.4) is 0 Å². The number of methoxy groups -OCH3 is 1. The van der Waals surface area contributed by atoms with Crippen molar-refractivity contribution in [1.82, 2.24) is 4.98 Å². The van der Waals surface area contributed by atoms with Gasteiger partial charge in [0.1, 0.15) is 11.4 Å². The smallest absolute Gasteiger partial charge is 0.343 e. The van der Waals surface area contributed by atoms with Crippen LogP contribution in [0.15, 0.2) is 79.0 Å². The first-order valence-corrected chi connectivity index (χ1v) is 9.03. The van der Waals surface area contributed by atoms with Crippen molar-refractivity contribution in [3.8, 4) is 22.8 Å². The Bertz CT molecular complexity index is 1140. The third-order valence-electron chi connectivity index (χ3n) is 4.37. The van der Waals surface area contributed by atoms with E-state index in [0.29, 0.717) is 27.8 Å². The lowest BCUT2D eigenvalue weighted by Gasteiger charge is -2.13. The molecule has 1 aromatic heterocycles. The molecule has 3 aromatic carbocycles. The van der Waals surface area contributed by atoms with Crippen molar-refractivity contribution < 1.29 is 14.3 Å². The number of fused-ring (bicyclic) bond motifs is 1. The molecule has 0 aliphatic rings. The van der Waals surface area contributed by atoms with Crippen LogP contribution in [0, 0.1) is 0 Å². The standard InChI is InChI=1S/C23H16ClNO3/c1-27-19-10-7-16(8-11-19)23(26)28-22-20-12-9-18(24)13-17(20)14-25-21(22)15-5-3-2-4-6-15/h2-14H,1H3. The van der Waals surface area contributed by atoms with Crippen LogP contribution in [-0.4, -0.2) is 18.1 Å². The molecule has 4 aromatic rings. The molecule has 0 spiro atoms. The molecular weight excluding hydrogens is 374 g/mol. The van der Waals surface area contributed by atoms with Gasteiger partial charge < -0.3 is 9.47 Å². The van der Waals surface area contributed by atoms with E-state index in [0.717, 1.165) is 16.3 Å². The topological polar surface area (TPSA) is 48.4 Å². The van der Waals surface area contributed by atoms with Gasteiger partial charge in [-0.3, -0.25) is 4.98 Å². The summed E-state index contributed by atoms with van der Waals surface area (Å²) in [5, 5.41) is 2.15. The van der Waals surface area contributed by atoms with E-state index in [2.05, 4.69) is 4.98 Å². The van der Waals surface area contributed by atoms with Gasteiger partial charge in [0.2, 0.25) is 0 Å². The molecule has 0 atom stereocenters. The highest BCUT2D eigenvalue weighted by Crippen LogP contribution is 2.36. The number of hydrogen-bond acceptors (Lipinski definition) is 4. The van der Waals surface area contributed by atoms with Crippen LogP contribution in [0.2, 0.25) is 5.02 Å². The van der Waals surface area contributed by atoms with E-state index >= 15 is 0 Å². The predicted octanol–water partition coefficient (Wildman–Crippen LogP) is 5.78. The van der Waals surface area contributed by atoms with Crippen molar-refractivity contribution in [3.05, 3.63) is 89.6 Å². The summed E-state index contributed by atoms with van der Waals surface area (Å²) in [5.41, 5.74) is 1.87. The number of carbonyl (C=O) groups is 1. The van der Waals surface area contributed by atoms with E-state index < -0.39 is 5.97 Å². The summed E-state index contributed by atoms with van der Waals surface area (Å²) >= 11 is 6.11. The first-order valence-electron chi connectivity index (χ1n) is 8.65. The molecule has 0 aliphatic heterocycles. The van der Waals surface area contributed by atoms with E-state index in [-0.39, 0.29) is 0 Å². The second-order valence-electron chi connectivity index (χ2n) is 6.15. The van der Waals surface area contributed by atoms with Crippen LogP contribution in [0.1, 0.15) is 10.4 Å². The summed E-state index contributed by atoms with van der Waals surface area (Å²) in [6, 6.07) is 21.8. The maximum atomic E-state index is 12.8. The first kappa shape index (κ1) is 18.0. The second kappa shape index (κ2) is 7.71. The number of rotatable bonds is 4. The van der Waals surface area contributed by atoms with E-state index in [1.807, 2.05) is 36.4 Å². The average Bonchev–Trinajstić information content (AvgIpc) is 2.74. The van der Waals surface area contributed by atoms with Gasteiger partial charge in [0.15, 0.2) is 5.75 Å². The fraction of sp³-hybridized carbons (Fsp3) is 0.0435. The maximum Gasteiger partial charge on any atom is 0.343 e. The minimum atomic E-state index is -0.468. The van der Waals surface area contributed by atoms with Crippen molar-refractivity contribution >= 4 is 28.3 Å². The number of esters is 1. The lowest BCUT2D eigenvalue weighted by molar-refractivity contribution is 0.0737. The van der Waals surface area contributed by atoms with Crippen LogP contribution >= 0.6 is 11.6 Å². The van der Waals surface area contributed by atoms with Gasteiger partial charge in [0.25, 0.3) is 0 Å². The van der Waals surface area contributed by atoms with Gasteiger partial charge in [0.05, 0.1) is 12.7 Å². The number of hydrogen-bond donors (Lipinski definition) is 0. The molecular formula is C23H16ClNO3. The van der Waals surface area contributed by atoms with Gasteiger partial charge in [-0.2, -0.15) is 0 Å². The SMILES string of the molecule is COc1ccc(C(=O)Oc2c(-c3ccccc3)ncc3cc(Cl)ccc23)cc1. The van der Waals surface area contributed by atoms with Gasteiger partial charge in [-0.1, -0.05) is 41.9 Å². The molecule has 0 saturated carbocycles. The third kappa shape index (κ3) is 3.55. The highest BCUT2D eigenvalue weighted by molar-refractivity contribution is 6.31.